The molecule has 1 amide bonds. The predicted molar refractivity (Wildman–Crippen MR) is 70.8 cm³/mol. The summed E-state index contributed by atoms with van der Waals surface area (Å²) in [7, 11) is 0. The Morgan fingerprint density at radius 3 is 2.53 bits per heavy atom. The minimum Gasteiger partial charge on any atom is -0.358 e. The Kier molecular flexibility index (Phi) is 4.86. The zero-order chi connectivity index (χ0) is 13.0. The second-order valence-electron chi connectivity index (χ2n) is 4.15. The van der Waals surface area contributed by atoms with Gasteiger partial charge in [-0.1, -0.05) is 0 Å². The smallest absolute Gasteiger partial charge is 0.242 e. The molecule has 1 aromatic rings. The molecule has 2 N–H and O–H groups in total. The van der Waals surface area contributed by atoms with Crippen LogP contribution in [0.3, 0.4) is 0 Å². The zero-order valence-electron chi connectivity index (χ0n) is 10.4. The molecule has 1 unspecified atom stereocenters. The van der Waals surface area contributed by atoms with Crippen molar-refractivity contribution in [3.8, 4) is 0 Å². The number of rotatable bonds is 4. The molecule has 0 fully saturated rings. The number of carbonyl (C=O) groups excluding carboxylic acids is 1. The maximum atomic E-state index is 11.7. The van der Waals surface area contributed by atoms with E-state index in [2.05, 4.69) is 36.5 Å². The molecule has 0 saturated carbocycles. The monoisotopic (exact) mass is 300 g/mol. The Morgan fingerprint density at radius 2 is 2.00 bits per heavy atom. The lowest BCUT2D eigenvalue weighted by atomic mass is 10.3. The Balaban J connectivity index is 2.67. The van der Waals surface area contributed by atoms with Crippen LogP contribution < -0.4 is 10.6 Å². The Hall–Kier alpha value is -1.17. The number of aryl methyl sites for hydroxylation is 1. The Labute approximate surface area is 110 Å². The van der Waals surface area contributed by atoms with Crippen LogP contribution in [0.5, 0.6) is 0 Å². The van der Waals surface area contributed by atoms with E-state index in [1.54, 1.807) is 19.9 Å². The second kappa shape index (κ2) is 5.95. The number of anilines is 1. The fourth-order valence-corrected chi connectivity index (χ4v) is 1.78. The van der Waals surface area contributed by atoms with Crippen LogP contribution in [0.15, 0.2) is 10.7 Å². The van der Waals surface area contributed by atoms with E-state index in [0.29, 0.717) is 16.2 Å². The maximum Gasteiger partial charge on any atom is 0.242 e. The molecule has 0 spiro atoms. The summed E-state index contributed by atoms with van der Waals surface area (Å²) in [5, 5.41) is 5.87. The first kappa shape index (κ1) is 13.9. The van der Waals surface area contributed by atoms with Gasteiger partial charge in [-0.25, -0.2) is 9.97 Å². The van der Waals surface area contributed by atoms with Crippen molar-refractivity contribution in [1.29, 1.82) is 0 Å². The fourth-order valence-electron chi connectivity index (χ4n) is 1.30. The van der Waals surface area contributed by atoms with Crippen molar-refractivity contribution >= 4 is 27.7 Å². The molecule has 94 valence electrons. The normalized spacial score (nSPS) is 12.4. The summed E-state index contributed by atoms with van der Waals surface area (Å²) in [5.41, 5.74) is 0. The molecule has 6 heteroatoms. The van der Waals surface area contributed by atoms with Crippen LogP contribution in [-0.2, 0) is 4.79 Å². The minimum atomic E-state index is -0.335. The number of hydrogen-bond donors (Lipinski definition) is 2. The van der Waals surface area contributed by atoms with E-state index in [9.17, 15) is 4.79 Å². The molecule has 1 aromatic heterocycles. The van der Waals surface area contributed by atoms with Crippen LogP contribution >= 0.6 is 15.9 Å². The van der Waals surface area contributed by atoms with Crippen molar-refractivity contribution in [1.82, 2.24) is 15.3 Å². The van der Waals surface area contributed by atoms with E-state index in [-0.39, 0.29) is 18.0 Å². The van der Waals surface area contributed by atoms with E-state index in [4.69, 9.17) is 0 Å². The molecule has 0 aliphatic carbocycles. The Bertz CT molecular complexity index is 388. The van der Waals surface area contributed by atoms with Crippen molar-refractivity contribution < 1.29 is 4.79 Å². The largest absolute Gasteiger partial charge is 0.358 e. The summed E-state index contributed by atoms with van der Waals surface area (Å²) in [5.74, 6) is 1.24. The topological polar surface area (TPSA) is 66.9 Å². The summed E-state index contributed by atoms with van der Waals surface area (Å²) in [4.78, 5) is 20.0. The van der Waals surface area contributed by atoms with Gasteiger partial charge < -0.3 is 10.6 Å². The third-order valence-corrected chi connectivity index (χ3v) is 2.40. The van der Waals surface area contributed by atoms with E-state index in [1.165, 1.54) is 0 Å². The summed E-state index contributed by atoms with van der Waals surface area (Å²) < 4.78 is 0.698. The molecule has 0 saturated heterocycles. The van der Waals surface area contributed by atoms with Crippen LogP contribution in [0.1, 0.15) is 26.6 Å². The highest BCUT2D eigenvalue weighted by molar-refractivity contribution is 9.10. The van der Waals surface area contributed by atoms with E-state index >= 15 is 0 Å². The first-order chi connectivity index (χ1) is 7.88. The highest BCUT2D eigenvalue weighted by atomic mass is 79.9. The number of nitrogens with one attached hydrogen (secondary N) is 2. The lowest BCUT2D eigenvalue weighted by Crippen LogP contribution is -2.41. The van der Waals surface area contributed by atoms with Gasteiger partial charge in [0.2, 0.25) is 5.91 Å². The number of amides is 1. The van der Waals surface area contributed by atoms with Crippen LogP contribution in [0, 0.1) is 6.92 Å². The van der Waals surface area contributed by atoms with Gasteiger partial charge in [0.25, 0.3) is 0 Å². The number of carbonyl (C=O) groups is 1. The van der Waals surface area contributed by atoms with Gasteiger partial charge in [-0.15, -0.1) is 0 Å². The summed E-state index contributed by atoms with van der Waals surface area (Å²) >= 11 is 3.29. The van der Waals surface area contributed by atoms with Gasteiger partial charge in [0.05, 0.1) is 0 Å². The molecule has 1 rings (SSSR count). The summed E-state index contributed by atoms with van der Waals surface area (Å²) in [6, 6.07) is 1.54. The Morgan fingerprint density at radius 1 is 1.35 bits per heavy atom. The average Bonchev–Trinajstić information content (AvgIpc) is 2.14. The molecule has 0 radical (unpaired) electrons. The molecule has 17 heavy (non-hydrogen) atoms. The number of aromatic nitrogens is 2. The molecule has 1 atom stereocenters. The standard InChI is InChI=1S/C11H17BrN4O/c1-6(2)13-11(17)7(3)14-10-5-9(12)15-8(4)16-10/h5-7H,1-4H3,(H,13,17)(H,14,15,16). The number of hydrogen-bond acceptors (Lipinski definition) is 4. The fraction of sp³-hybridized carbons (Fsp3) is 0.545. The maximum absolute atomic E-state index is 11.7. The average molecular weight is 301 g/mol. The summed E-state index contributed by atoms with van der Waals surface area (Å²) in [6.07, 6.45) is 0. The quantitative estimate of drug-likeness (QED) is 0.833. The van der Waals surface area contributed by atoms with Crippen LogP contribution in [0.2, 0.25) is 0 Å². The highest BCUT2D eigenvalue weighted by Gasteiger charge is 2.14. The SMILES string of the molecule is Cc1nc(Br)cc(NC(C)C(=O)NC(C)C)n1. The van der Waals surface area contributed by atoms with Gasteiger partial charge >= 0.3 is 0 Å². The lowest BCUT2D eigenvalue weighted by molar-refractivity contribution is -0.122. The highest BCUT2D eigenvalue weighted by Crippen LogP contribution is 2.12. The van der Waals surface area contributed by atoms with Crippen molar-refractivity contribution in [2.45, 2.75) is 39.8 Å². The molecule has 0 bridgehead atoms. The van der Waals surface area contributed by atoms with Crippen molar-refractivity contribution in [3.63, 3.8) is 0 Å². The number of nitrogens with zero attached hydrogens (tertiary/aromatic N) is 2. The molecular weight excluding hydrogens is 284 g/mol. The van der Waals surface area contributed by atoms with E-state index in [0.717, 1.165) is 0 Å². The summed E-state index contributed by atoms with van der Waals surface area (Å²) in [6.45, 7) is 7.45. The van der Waals surface area contributed by atoms with Gasteiger partial charge in [-0.2, -0.15) is 0 Å². The first-order valence-corrected chi connectivity index (χ1v) is 6.26. The molecule has 5 nitrogen and oxygen atoms in total. The van der Waals surface area contributed by atoms with Crippen LogP contribution in [0.25, 0.3) is 0 Å². The predicted octanol–water partition coefficient (Wildman–Crippen LogP) is 1.87. The van der Waals surface area contributed by atoms with Crippen molar-refractivity contribution in [2.24, 2.45) is 0 Å². The van der Waals surface area contributed by atoms with Crippen molar-refractivity contribution in [3.05, 3.63) is 16.5 Å². The van der Waals surface area contributed by atoms with Gasteiger partial charge in [0.1, 0.15) is 22.3 Å². The van der Waals surface area contributed by atoms with E-state index in [1.807, 2.05) is 13.8 Å². The molecular formula is C11H17BrN4O. The molecule has 0 aromatic carbocycles. The zero-order valence-corrected chi connectivity index (χ0v) is 12.0. The third kappa shape index (κ3) is 4.68. The number of halogens is 1. The minimum absolute atomic E-state index is 0.0487. The third-order valence-electron chi connectivity index (χ3n) is 2.00. The second-order valence-corrected chi connectivity index (χ2v) is 4.96. The van der Waals surface area contributed by atoms with Gasteiger partial charge in [0, 0.05) is 12.1 Å². The van der Waals surface area contributed by atoms with Gasteiger partial charge in [-0.05, 0) is 43.6 Å². The van der Waals surface area contributed by atoms with Crippen LogP contribution in [-0.4, -0.2) is 28.0 Å². The van der Waals surface area contributed by atoms with Gasteiger partial charge in [0.15, 0.2) is 0 Å². The molecule has 0 aliphatic heterocycles. The van der Waals surface area contributed by atoms with Crippen LogP contribution in [0.4, 0.5) is 5.82 Å². The van der Waals surface area contributed by atoms with Crippen molar-refractivity contribution in [2.75, 3.05) is 5.32 Å². The molecule has 0 aliphatic rings. The van der Waals surface area contributed by atoms with E-state index < -0.39 is 0 Å². The van der Waals surface area contributed by atoms with Gasteiger partial charge in [-0.3, -0.25) is 4.79 Å². The molecule has 1 heterocycles. The lowest BCUT2D eigenvalue weighted by Gasteiger charge is -2.16. The first-order valence-electron chi connectivity index (χ1n) is 5.46.